The van der Waals surface area contributed by atoms with Gasteiger partial charge in [0, 0.05) is 55.0 Å². The summed E-state index contributed by atoms with van der Waals surface area (Å²) >= 11 is 0. The summed E-state index contributed by atoms with van der Waals surface area (Å²) in [5.74, 6) is 0. The Balaban J connectivity index is 1.46. The summed E-state index contributed by atoms with van der Waals surface area (Å²) in [5.41, 5.74) is 4.78. The van der Waals surface area contributed by atoms with Crippen molar-refractivity contribution in [3.63, 3.8) is 0 Å². The van der Waals surface area contributed by atoms with Gasteiger partial charge in [0.25, 0.3) is 0 Å². The predicted molar refractivity (Wildman–Crippen MR) is 100 cm³/mol. The number of nitrogens with one attached hydrogen (secondary N) is 2. The third-order valence-electron chi connectivity index (χ3n) is 5.08. The quantitative estimate of drug-likeness (QED) is 0.774. The molecule has 1 unspecified atom stereocenters. The van der Waals surface area contributed by atoms with Crippen molar-refractivity contribution in [3.05, 3.63) is 60.6 Å². The highest BCUT2D eigenvalue weighted by Crippen LogP contribution is 2.30. The van der Waals surface area contributed by atoms with Crippen molar-refractivity contribution in [3.8, 4) is 0 Å². The maximum atomic E-state index is 5.92. The van der Waals surface area contributed by atoms with Crippen LogP contribution in [0.2, 0.25) is 0 Å². The van der Waals surface area contributed by atoms with E-state index < -0.39 is 0 Å². The summed E-state index contributed by atoms with van der Waals surface area (Å²) < 4.78 is 8.15. The molecule has 2 aliphatic heterocycles. The number of aromatic nitrogens is 2. The topological polar surface area (TPSA) is 51.1 Å². The molecule has 3 aromatic rings. The number of hydrogen-bond acceptors (Lipinski definition) is 4. The number of rotatable bonds is 3. The Hall–Kier alpha value is -2.63. The first kappa shape index (κ1) is 14.7. The zero-order chi connectivity index (χ0) is 16.8. The molecule has 126 valence electrons. The molecule has 1 aromatic carbocycles. The van der Waals surface area contributed by atoms with Gasteiger partial charge in [0.15, 0.2) is 0 Å². The summed E-state index contributed by atoms with van der Waals surface area (Å²) in [5, 5.41) is 8.99. The van der Waals surface area contributed by atoms with Crippen LogP contribution < -0.4 is 10.6 Å². The van der Waals surface area contributed by atoms with Gasteiger partial charge >= 0.3 is 0 Å². The molecule has 2 aliphatic rings. The molecule has 5 nitrogen and oxygen atoms in total. The van der Waals surface area contributed by atoms with Crippen molar-refractivity contribution in [2.45, 2.75) is 12.3 Å². The molecule has 5 heteroatoms. The molecule has 2 N–H and O–H groups in total. The minimum Gasteiger partial charge on any atom is -0.362 e. The number of ether oxygens (including phenoxy) is 1. The smallest absolute Gasteiger partial charge is 0.147 e. The van der Waals surface area contributed by atoms with E-state index in [4.69, 9.17) is 4.74 Å². The second-order valence-corrected chi connectivity index (χ2v) is 6.65. The van der Waals surface area contributed by atoms with E-state index >= 15 is 0 Å². The monoisotopic (exact) mass is 332 g/mol. The van der Waals surface area contributed by atoms with E-state index in [0.717, 1.165) is 18.7 Å². The summed E-state index contributed by atoms with van der Waals surface area (Å²) in [6.45, 7) is 1.88. The third kappa shape index (κ3) is 2.44. The molecule has 4 heterocycles. The van der Waals surface area contributed by atoms with E-state index in [1.165, 1.54) is 27.4 Å². The maximum Gasteiger partial charge on any atom is 0.147 e. The maximum absolute atomic E-state index is 5.92. The van der Waals surface area contributed by atoms with E-state index in [0.29, 0.717) is 6.10 Å². The van der Waals surface area contributed by atoms with Crippen LogP contribution in [-0.4, -0.2) is 35.0 Å². The normalized spacial score (nSPS) is 20.5. The molecule has 5 rings (SSSR count). The third-order valence-corrected chi connectivity index (χ3v) is 5.08. The Morgan fingerprint density at radius 2 is 2.08 bits per heavy atom. The Morgan fingerprint density at radius 3 is 2.84 bits per heavy atom. The van der Waals surface area contributed by atoms with Gasteiger partial charge in [-0.05, 0) is 29.3 Å². The highest BCUT2D eigenvalue weighted by Gasteiger charge is 2.21. The van der Waals surface area contributed by atoms with Gasteiger partial charge < -0.3 is 19.9 Å². The standard InChI is InChI=1S/C20H20N4O/c1-24-18-6-7-21-12-17(18)16-4-2-13(8-19(16)24)14-3-5-20(23-9-14)25-15-10-22-11-15/h2-9,12,15,20,22-23H,10-11H2,1H3. The molecule has 0 spiro atoms. The number of pyridine rings is 1. The van der Waals surface area contributed by atoms with E-state index in [2.05, 4.69) is 63.6 Å². The van der Waals surface area contributed by atoms with Crippen LogP contribution in [0.1, 0.15) is 5.56 Å². The summed E-state index contributed by atoms with van der Waals surface area (Å²) in [4.78, 5) is 4.27. The number of nitrogens with zero attached hydrogens (tertiary/aromatic N) is 2. The fourth-order valence-corrected chi connectivity index (χ4v) is 3.53. The molecule has 1 fully saturated rings. The lowest BCUT2D eigenvalue weighted by atomic mass is 10.0. The Bertz CT molecular complexity index is 1010. The molecule has 25 heavy (non-hydrogen) atoms. The number of dihydropyridines is 1. The van der Waals surface area contributed by atoms with Crippen LogP contribution in [-0.2, 0) is 11.8 Å². The number of benzene rings is 1. The summed E-state index contributed by atoms with van der Waals surface area (Å²) in [7, 11) is 2.11. The second-order valence-electron chi connectivity index (χ2n) is 6.65. The van der Waals surface area contributed by atoms with Crippen molar-refractivity contribution in [1.29, 1.82) is 0 Å². The molecule has 0 radical (unpaired) electrons. The fourth-order valence-electron chi connectivity index (χ4n) is 3.53. The first-order chi connectivity index (χ1) is 12.3. The Labute approximate surface area is 146 Å². The van der Waals surface area contributed by atoms with Gasteiger partial charge in [-0.1, -0.05) is 18.2 Å². The van der Waals surface area contributed by atoms with Crippen molar-refractivity contribution < 1.29 is 4.74 Å². The molecule has 0 aliphatic carbocycles. The first-order valence-corrected chi connectivity index (χ1v) is 8.63. The van der Waals surface area contributed by atoms with Crippen LogP contribution in [0.4, 0.5) is 0 Å². The average Bonchev–Trinajstić information content (AvgIpc) is 2.91. The van der Waals surface area contributed by atoms with Crippen molar-refractivity contribution in [2.75, 3.05) is 13.1 Å². The van der Waals surface area contributed by atoms with Crippen LogP contribution in [0.25, 0.3) is 27.4 Å². The minimum absolute atomic E-state index is 0.0386. The van der Waals surface area contributed by atoms with Gasteiger partial charge in [-0.15, -0.1) is 0 Å². The fraction of sp³-hybridized carbons (Fsp3) is 0.250. The lowest BCUT2D eigenvalue weighted by Gasteiger charge is -2.31. The van der Waals surface area contributed by atoms with E-state index in [9.17, 15) is 0 Å². The van der Waals surface area contributed by atoms with Crippen molar-refractivity contribution in [2.24, 2.45) is 7.05 Å². The van der Waals surface area contributed by atoms with Crippen LogP contribution in [0.3, 0.4) is 0 Å². The molecule has 0 amide bonds. The highest BCUT2D eigenvalue weighted by molar-refractivity contribution is 6.08. The summed E-state index contributed by atoms with van der Waals surface area (Å²) in [6, 6.07) is 8.66. The van der Waals surface area contributed by atoms with E-state index in [1.54, 1.807) is 0 Å². The molecular formula is C20H20N4O. The number of aryl methyl sites for hydroxylation is 1. The molecule has 1 atom stereocenters. The lowest BCUT2D eigenvalue weighted by molar-refractivity contribution is -0.0244. The van der Waals surface area contributed by atoms with Crippen LogP contribution >= 0.6 is 0 Å². The van der Waals surface area contributed by atoms with Gasteiger partial charge in [0.2, 0.25) is 0 Å². The van der Waals surface area contributed by atoms with Crippen LogP contribution in [0.5, 0.6) is 0 Å². The molecule has 1 saturated heterocycles. The van der Waals surface area contributed by atoms with Gasteiger partial charge in [-0.2, -0.15) is 0 Å². The average molecular weight is 332 g/mol. The first-order valence-electron chi connectivity index (χ1n) is 8.63. The predicted octanol–water partition coefficient (Wildman–Crippen LogP) is 2.54. The van der Waals surface area contributed by atoms with Crippen molar-refractivity contribution >= 4 is 27.4 Å². The van der Waals surface area contributed by atoms with Gasteiger partial charge in [0.05, 0.1) is 11.6 Å². The van der Waals surface area contributed by atoms with E-state index in [1.807, 2.05) is 18.6 Å². The highest BCUT2D eigenvalue weighted by atomic mass is 16.5. The number of allylic oxidation sites excluding steroid dienone is 2. The molecule has 0 bridgehead atoms. The minimum atomic E-state index is -0.0386. The lowest BCUT2D eigenvalue weighted by Crippen LogP contribution is -2.51. The van der Waals surface area contributed by atoms with Crippen LogP contribution in [0.15, 0.2) is 55.0 Å². The number of fused-ring (bicyclic) bond motifs is 3. The number of hydrogen-bond donors (Lipinski definition) is 2. The van der Waals surface area contributed by atoms with Crippen molar-refractivity contribution in [1.82, 2.24) is 20.2 Å². The van der Waals surface area contributed by atoms with E-state index in [-0.39, 0.29) is 6.23 Å². The van der Waals surface area contributed by atoms with Gasteiger partial charge in [0.1, 0.15) is 6.23 Å². The summed E-state index contributed by atoms with van der Waals surface area (Å²) in [6.07, 6.45) is 10.3. The Kier molecular flexibility index (Phi) is 3.36. The van der Waals surface area contributed by atoms with Crippen LogP contribution in [0, 0.1) is 0 Å². The molecule has 2 aromatic heterocycles. The molecule has 0 saturated carbocycles. The van der Waals surface area contributed by atoms with Gasteiger partial charge in [-0.25, -0.2) is 0 Å². The zero-order valence-corrected chi connectivity index (χ0v) is 14.1. The second kappa shape index (κ2) is 5.72. The zero-order valence-electron chi connectivity index (χ0n) is 14.1. The largest absolute Gasteiger partial charge is 0.362 e. The SMILES string of the molecule is Cn1c2ccncc2c2ccc(C3=CNC(OC4CNC4)C=C3)cc21. The Morgan fingerprint density at radius 1 is 1.16 bits per heavy atom. The van der Waals surface area contributed by atoms with Gasteiger partial charge in [-0.3, -0.25) is 4.98 Å². The molecular weight excluding hydrogens is 312 g/mol.